The first-order valence-corrected chi connectivity index (χ1v) is 8.22. The molecule has 0 aromatic heterocycles. The molecule has 1 saturated carbocycles. The topological polar surface area (TPSA) is 88.8 Å². The molecule has 1 aliphatic heterocycles. The Hall–Kier alpha value is -2.42. The summed E-state index contributed by atoms with van der Waals surface area (Å²) >= 11 is 0. The van der Waals surface area contributed by atoms with Crippen molar-refractivity contribution in [1.82, 2.24) is 0 Å². The monoisotopic (exact) mass is 331 g/mol. The molecule has 0 spiro atoms. The molecule has 1 aromatic rings. The molecule has 1 heterocycles. The van der Waals surface area contributed by atoms with Crippen LogP contribution in [0.15, 0.2) is 12.1 Å². The molecule has 24 heavy (non-hydrogen) atoms. The first-order valence-electron chi connectivity index (χ1n) is 8.22. The molecule has 0 radical (unpaired) electrons. The second kappa shape index (κ2) is 6.60. The van der Waals surface area contributed by atoms with Crippen molar-refractivity contribution in [3.05, 3.63) is 17.7 Å². The smallest absolute Gasteiger partial charge is 0.306 e. The normalized spacial score (nSPS) is 26.1. The zero-order valence-corrected chi connectivity index (χ0v) is 13.7. The predicted molar refractivity (Wildman–Crippen MR) is 85.5 cm³/mol. The van der Waals surface area contributed by atoms with E-state index >= 15 is 0 Å². The minimum Gasteiger partial charge on any atom is -0.493 e. The van der Waals surface area contributed by atoms with Crippen LogP contribution in [0.5, 0.6) is 17.2 Å². The summed E-state index contributed by atoms with van der Waals surface area (Å²) in [5, 5.41) is 19.1. The highest BCUT2D eigenvalue weighted by Crippen LogP contribution is 2.50. The summed E-state index contributed by atoms with van der Waals surface area (Å²) in [7, 11) is 1.57. The van der Waals surface area contributed by atoms with Crippen LogP contribution < -0.4 is 14.2 Å². The summed E-state index contributed by atoms with van der Waals surface area (Å²) in [6, 6.07) is 6.09. The van der Waals surface area contributed by atoms with Crippen LogP contribution in [0.4, 0.5) is 0 Å². The Morgan fingerprint density at radius 1 is 1.29 bits per heavy atom. The van der Waals surface area contributed by atoms with Crippen molar-refractivity contribution in [3.8, 4) is 23.3 Å². The summed E-state index contributed by atoms with van der Waals surface area (Å²) in [5.74, 6) is 0.544. The van der Waals surface area contributed by atoms with E-state index in [9.17, 15) is 15.2 Å². The average Bonchev–Trinajstić information content (AvgIpc) is 2.87. The molecule has 0 bridgehead atoms. The van der Waals surface area contributed by atoms with Crippen LogP contribution in [0.1, 0.15) is 37.7 Å². The Bertz CT molecular complexity index is 671. The molecular weight excluding hydrogens is 310 g/mol. The Kier molecular flexibility index (Phi) is 4.52. The number of ether oxygens (including phenoxy) is 3. The van der Waals surface area contributed by atoms with Gasteiger partial charge in [0.1, 0.15) is 0 Å². The maximum Gasteiger partial charge on any atom is 0.306 e. The standard InChI is InChI=1S/C18H21NO5/c1-22-14-4-3-13(15-16(14)24-10-2-9-23-15)18(11-19)7-5-12(6-8-18)17(20)21/h3-4,12H,2,5-10H2,1H3,(H,20,21). The van der Waals surface area contributed by atoms with Crippen molar-refractivity contribution in [1.29, 1.82) is 5.26 Å². The minimum absolute atomic E-state index is 0.375. The van der Waals surface area contributed by atoms with Gasteiger partial charge in [0.05, 0.1) is 37.7 Å². The number of methoxy groups -OCH3 is 1. The van der Waals surface area contributed by atoms with E-state index in [1.54, 1.807) is 13.2 Å². The van der Waals surface area contributed by atoms with E-state index in [1.165, 1.54) is 0 Å². The average molecular weight is 331 g/mol. The SMILES string of the molecule is COc1ccc(C2(C#N)CCC(C(=O)O)CC2)c2c1OCCCO2. The van der Waals surface area contributed by atoms with Crippen LogP contribution in [0, 0.1) is 17.2 Å². The third kappa shape index (κ3) is 2.75. The summed E-state index contributed by atoms with van der Waals surface area (Å²) < 4.78 is 17.1. The lowest BCUT2D eigenvalue weighted by atomic mass is 9.67. The van der Waals surface area contributed by atoms with Gasteiger partial charge in [-0.25, -0.2) is 0 Å². The molecule has 3 rings (SSSR count). The zero-order valence-electron chi connectivity index (χ0n) is 13.7. The highest BCUT2D eigenvalue weighted by atomic mass is 16.5. The van der Waals surface area contributed by atoms with Crippen LogP contribution in [0.2, 0.25) is 0 Å². The fourth-order valence-corrected chi connectivity index (χ4v) is 3.57. The van der Waals surface area contributed by atoms with Gasteiger partial charge in [0.2, 0.25) is 5.75 Å². The predicted octanol–water partition coefficient (Wildman–Crippen LogP) is 2.89. The van der Waals surface area contributed by atoms with Crippen molar-refractivity contribution in [2.45, 2.75) is 37.5 Å². The highest BCUT2D eigenvalue weighted by molar-refractivity contribution is 5.70. The van der Waals surface area contributed by atoms with E-state index in [4.69, 9.17) is 14.2 Å². The number of carbonyl (C=O) groups is 1. The van der Waals surface area contributed by atoms with Crippen molar-refractivity contribution < 1.29 is 24.1 Å². The summed E-state index contributed by atoms with van der Waals surface area (Å²) in [6.07, 6.45) is 2.75. The van der Waals surface area contributed by atoms with Crippen LogP contribution in [-0.2, 0) is 10.2 Å². The van der Waals surface area contributed by atoms with Crippen molar-refractivity contribution in [2.75, 3.05) is 20.3 Å². The van der Waals surface area contributed by atoms with E-state index < -0.39 is 11.4 Å². The number of nitriles is 1. The van der Waals surface area contributed by atoms with Gasteiger partial charge in [-0.1, -0.05) is 0 Å². The fourth-order valence-electron chi connectivity index (χ4n) is 3.57. The number of benzene rings is 1. The number of fused-ring (bicyclic) bond motifs is 1. The number of carboxylic acids is 1. The Labute approximate surface area is 140 Å². The first kappa shape index (κ1) is 16.4. The Morgan fingerprint density at radius 3 is 2.54 bits per heavy atom. The van der Waals surface area contributed by atoms with Crippen molar-refractivity contribution in [2.24, 2.45) is 5.92 Å². The second-order valence-electron chi connectivity index (χ2n) is 6.33. The van der Waals surface area contributed by atoms with Crippen LogP contribution in [0.3, 0.4) is 0 Å². The minimum atomic E-state index is -0.783. The van der Waals surface area contributed by atoms with Gasteiger partial charge >= 0.3 is 5.97 Å². The summed E-state index contributed by atoms with van der Waals surface area (Å²) in [6.45, 7) is 1.06. The highest BCUT2D eigenvalue weighted by Gasteiger charge is 2.42. The van der Waals surface area contributed by atoms with Gasteiger partial charge in [-0.05, 0) is 37.8 Å². The van der Waals surface area contributed by atoms with Crippen LogP contribution >= 0.6 is 0 Å². The van der Waals surface area contributed by atoms with Gasteiger partial charge < -0.3 is 19.3 Å². The van der Waals surface area contributed by atoms with E-state index in [0.29, 0.717) is 56.1 Å². The molecule has 128 valence electrons. The molecule has 2 aliphatic rings. The maximum atomic E-state index is 11.2. The number of hydrogen-bond donors (Lipinski definition) is 1. The second-order valence-corrected chi connectivity index (χ2v) is 6.33. The quantitative estimate of drug-likeness (QED) is 0.916. The molecule has 1 N–H and O–H groups in total. The fraction of sp³-hybridized carbons (Fsp3) is 0.556. The van der Waals surface area contributed by atoms with Gasteiger partial charge in [-0.15, -0.1) is 0 Å². The number of nitrogens with zero attached hydrogens (tertiary/aromatic N) is 1. The third-order valence-corrected chi connectivity index (χ3v) is 5.00. The number of hydrogen-bond acceptors (Lipinski definition) is 5. The lowest BCUT2D eigenvalue weighted by Crippen LogP contribution is -2.33. The third-order valence-electron chi connectivity index (χ3n) is 5.00. The van der Waals surface area contributed by atoms with E-state index in [0.717, 1.165) is 12.0 Å². The molecule has 6 nitrogen and oxygen atoms in total. The summed E-state index contributed by atoms with van der Waals surface area (Å²) in [4.78, 5) is 11.2. The first-order chi connectivity index (χ1) is 11.6. The van der Waals surface area contributed by atoms with Gasteiger partial charge in [-0.3, -0.25) is 4.79 Å². The molecule has 0 saturated heterocycles. The molecule has 0 unspecified atom stereocenters. The molecule has 1 fully saturated rings. The molecule has 1 aliphatic carbocycles. The van der Waals surface area contributed by atoms with Gasteiger partial charge in [0, 0.05) is 12.0 Å². The number of rotatable bonds is 3. The van der Waals surface area contributed by atoms with Crippen LogP contribution in [0.25, 0.3) is 0 Å². The molecule has 0 amide bonds. The zero-order chi connectivity index (χ0) is 17.2. The number of aliphatic carboxylic acids is 1. The van der Waals surface area contributed by atoms with Crippen molar-refractivity contribution >= 4 is 5.97 Å². The molecule has 0 atom stereocenters. The lowest BCUT2D eigenvalue weighted by Gasteiger charge is -2.35. The number of carboxylic acid groups (broad SMARTS) is 1. The van der Waals surface area contributed by atoms with Crippen molar-refractivity contribution in [3.63, 3.8) is 0 Å². The summed E-state index contributed by atoms with van der Waals surface area (Å²) in [5.41, 5.74) is 0.0438. The van der Waals surface area contributed by atoms with Gasteiger partial charge in [0.15, 0.2) is 11.5 Å². The van der Waals surface area contributed by atoms with Gasteiger partial charge in [-0.2, -0.15) is 5.26 Å². The molecular formula is C18H21NO5. The van der Waals surface area contributed by atoms with Crippen LogP contribution in [-0.4, -0.2) is 31.4 Å². The Morgan fingerprint density at radius 2 is 1.96 bits per heavy atom. The molecule has 1 aromatic carbocycles. The molecule has 6 heteroatoms. The van der Waals surface area contributed by atoms with E-state index in [2.05, 4.69) is 6.07 Å². The van der Waals surface area contributed by atoms with E-state index in [1.807, 2.05) is 6.07 Å². The largest absolute Gasteiger partial charge is 0.493 e. The Balaban J connectivity index is 2.02. The van der Waals surface area contributed by atoms with Gasteiger partial charge in [0.25, 0.3) is 0 Å². The maximum absolute atomic E-state index is 11.2. The lowest BCUT2D eigenvalue weighted by molar-refractivity contribution is -0.143. The van der Waals surface area contributed by atoms with E-state index in [-0.39, 0.29) is 5.92 Å².